The lowest BCUT2D eigenvalue weighted by Crippen LogP contribution is -2.44. The molecule has 1 aromatic carbocycles. The summed E-state index contributed by atoms with van der Waals surface area (Å²) in [5, 5.41) is 2.93. The highest BCUT2D eigenvalue weighted by Gasteiger charge is 2.29. The summed E-state index contributed by atoms with van der Waals surface area (Å²) in [6.07, 6.45) is 1.50. The van der Waals surface area contributed by atoms with Gasteiger partial charge in [-0.2, -0.15) is 4.31 Å². The first kappa shape index (κ1) is 21.9. The van der Waals surface area contributed by atoms with Crippen LogP contribution in [-0.4, -0.2) is 44.3 Å². The van der Waals surface area contributed by atoms with E-state index in [1.165, 1.54) is 4.31 Å². The second-order valence-electron chi connectivity index (χ2n) is 6.55. The third-order valence-corrected chi connectivity index (χ3v) is 6.63. The van der Waals surface area contributed by atoms with E-state index >= 15 is 0 Å². The molecule has 1 heterocycles. The predicted molar refractivity (Wildman–Crippen MR) is 101 cm³/mol. The zero-order chi connectivity index (χ0) is 17.7. The van der Waals surface area contributed by atoms with Crippen molar-refractivity contribution in [3.8, 4) is 0 Å². The number of halogens is 1. The Bertz CT molecular complexity index is 644. The van der Waals surface area contributed by atoms with Crippen molar-refractivity contribution in [1.29, 1.82) is 0 Å². The SMILES string of the molecule is CC(N)C(C)C(=O)NCC1CCN(S(=O)(=O)c2ccccc2)CC1.Cl. The van der Waals surface area contributed by atoms with Crippen LogP contribution in [-0.2, 0) is 14.8 Å². The Balaban J connectivity index is 0.00000312. The molecule has 2 unspecified atom stereocenters. The minimum absolute atomic E-state index is 0. The Morgan fingerprint density at radius 2 is 1.80 bits per heavy atom. The van der Waals surface area contributed by atoms with Crippen LogP contribution in [0.2, 0.25) is 0 Å². The molecule has 1 fully saturated rings. The van der Waals surface area contributed by atoms with Crippen molar-refractivity contribution in [2.75, 3.05) is 19.6 Å². The third-order valence-electron chi connectivity index (χ3n) is 4.72. The van der Waals surface area contributed by atoms with Gasteiger partial charge in [-0.3, -0.25) is 4.79 Å². The van der Waals surface area contributed by atoms with Gasteiger partial charge in [0.25, 0.3) is 0 Å². The fourth-order valence-electron chi connectivity index (χ4n) is 2.74. The largest absolute Gasteiger partial charge is 0.356 e. The Labute approximate surface area is 156 Å². The van der Waals surface area contributed by atoms with E-state index in [4.69, 9.17) is 5.73 Å². The molecule has 2 rings (SSSR count). The van der Waals surface area contributed by atoms with E-state index in [0.29, 0.717) is 30.4 Å². The Hall–Kier alpha value is -1.15. The molecule has 25 heavy (non-hydrogen) atoms. The molecule has 2 atom stereocenters. The van der Waals surface area contributed by atoms with Gasteiger partial charge in [0.2, 0.25) is 15.9 Å². The second kappa shape index (κ2) is 9.52. The van der Waals surface area contributed by atoms with Crippen LogP contribution in [0.3, 0.4) is 0 Å². The molecule has 0 spiro atoms. The predicted octanol–water partition coefficient (Wildman–Crippen LogP) is 1.61. The number of benzene rings is 1. The van der Waals surface area contributed by atoms with Crippen molar-refractivity contribution in [2.45, 2.75) is 37.6 Å². The van der Waals surface area contributed by atoms with Crippen LogP contribution in [0.25, 0.3) is 0 Å². The zero-order valence-corrected chi connectivity index (χ0v) is 16.4. The number of sulfonamides is 1. The summed E-state index contributed by atoms with van der Waals surface area (Å²) >= 11 is 0. The summed E-state index contributed by atoms with van der Waals surface area (Å²) < 4.78 is 26.7. The van der Waals surface area contributed by atoms with Gasteiger partial charge in [-0.1, -0.05) is 25.1 Å². The van der Waals surface area contributed by atoms with Crippen molar-refractivity contribution in [2.24, 2.45) is 17.6 Å². The quantitative estimate of drug-likeness (QED) is 0.773. The standard InChI is InChI=1S/C17H27N3O3S.ClH/c1-13(14(2)18)17(21)19-12-15-8-10-20(11-9-15)24(22,23)16-6-4-3-5-7-16;/h3-7,13-15H,8-12,18H2,1-2H3,(H,19,21);1H. The number of amides is 1. The Morgan fingerprint density at radius 3 is 2.32 bits per heavy atom. The molecule has 1 aliphatic heterocycles. The number of nitrogens with zero attached hydrogens (tertiary/aromatic N) is 1. The minimum Gasteiger partial charge on any atom is -0.356 e. The average molecular weight is 390 g/mol. The Kier molecular flexibility index (Phi) is 8.34. The number of rotatable bonds is 6. The van der Waals surface area contributed by atoms with Crippen LogP contribution in [0.4, 0.5) is 0 Å². The van der Waals surface area contributed by atoms with E-state index in [-0.39, 0.29) is 30.3 Å². The van der Waals surface area contributed by atoms with Gasteiger partial charge >= 0.3 is 0 Å². The molecule has 0 aliphatic carbocycles. The molecule has 8 heteroatoms. The molecule has 1 aliphatic rings. The van der Waals surface area contributed by atoms with Crippen LogP contribution in [0.5, 0.6) is 0 Å². The molecular weight excluding hydrogens is 362 g/mol. The molecule has 0 bridgehead atoms. The van der Waals surface area contributed by atoms with E-state index in [2.05, 4.69) is 5.32 Å². The van der Waals surface area contributed by atoms with Gasteiger partial charge in [0.05, 0.1) is 4.90 Å². The van der Waals surface area contributed by atoms with Crippen molar-refractivity contribution in [3.63, 3.8) is 0 Å². The van der Waals surface area contributed by atoms with Crippen LogP contribution < -0.4 is 11.1 Å². The summed E-state index contributed by atoms with van der Waals surface area (Å²) in [7, 11) is -3.41. The Morgan fingerprint density at radius 1 is 1.24 bits per heavy atom. The molecule has 0 saturated carbocycles. The molecular formula is C17H28ClN3O3S. The van der Waals surface area contributed by atoms with Crippen LogP contribution in [0.1, 0.15) is 26.7 Å². The lowest BCUT2D eigenvalue weighted by molar-refractivity contribution is -0.125. The van der Waals surface area contributed by atoms with Crippen LogP contribution in [0.15, 0.2) is 35.2 Å². The highest BCUT2D eigenvalue weighted by Crippen LogP contribution is 2.23. The summed E-state index contributed by atoms with van der Waals surface area (Å²) in [4.78, 5) is 12.3. The number of carbonyl (C=O) groups excluding carboxylic acids is 1. The number of hydrogen-bond donors (Lipinski definition) is 2. The lowest BCUT2D eigenvalue weighted by atomic mass is 9.97. The topological polar surface area (TPSA) is 92.5 Å². The molecule has 6 nitrogen and oxygen atoms in total. The maximum atomic E-state index is 12.6. The summed E-state index contributed by atoms with van der Waals surface area (Å²) in [5.74, 6) is 0.0457. The van der Waals surface area contributed by atoms with E-state index in [1.54, 1.807) is 30.3 Å². The normalized spacial score (nSPS) is 18.8. The molecule has 1 aromatic rings. The smallest absolute Gasteiger partial charge is 0.243 e. The van der Waals surface area contributed by atoms with Crippen molar-refractivity contribution in [1.82, 2.24) is 9.62 Å². The van der Waals surface area contributed by atoms with E-state index in [9.17, 15) is 13.2 Å². The minimum atomic E-state index is -3.41. The number of piperidine rings is 1. The van der Waals surface area contributed by atoms with Gasteiger partial charge in [-0.05, 0) is 37.8 Å². The summed E-state index contributed by atoms with van der Waals surface area (Å²) in [5.41, 5.74) is 5.73. The monoisotopic (exact) mass is 389 g/mol. The lowest BCUT2D eigenvalue weighted by Gasteiger charge is -2.31. The van der Waals surface area contributed by atoms with E-state index in [0.717, 1.165) is 12.8 Å². The highest BCUT2D eigenvalue weighted by atomic mass is 35.5. The van der Waals surface area contributed by atoms with Gasteiger partial charge in [0.1, 0.15) is 0 Å². The first-order chi connectivity index (χ1) is 11.3. The first-order valence-corrected chi connectivity index (χ1v) is 9.85. The van der Waals surface area contributed by atoms with Gasteiger partial charge in [0.15, 0.2) is 0 Å². The molecule has 0 aromatic heterocycles. The highest BCUT2D eigenvalue weighted by molar-refractivity contribution is 7.89. The number of carbonyl (C=O) groups is 1. The number of nitrogens with two attached hydrogens (primary N) is 1. The van der Waals surface area contributed by atoms with Gasteiger partial charge in [-0.25, -0.2) is 8.42 Å². The first-order valence-electron chi connectivity index (χ1n) is 8.41. The molecule has 3 N–H and O–H groups in total. The molecule has 142 valence electrons. The maximum Gasteiger partial charge on any atom is 0.243 e. The van der Waals surface area contributed by atoms with Crippen molar-refractivity contribution >= 4 is 28.3 Å². The zero-order valence-electron chi connectivity index (χ0n) is 14.7. The van der Waals surface area contributed by atoms with Crippen molar-refractivity contribution in [3.05, 3.63) is 30.3 Å². The van der Waals surface area contributed by atoms with Crippen LogP contribution >= 0.6 is 12.4 Å². The average Bonchev–Trinajstić information content (AvgIpc) is 2.60. The molecule has 0 radical (unpaired) electrons. The second-order valence-corrected chi connectivity index (χ2v) is 8.49. The molecule has 1 saturated heterocycles. The van der Waals surface area contributed by atoms with E-state index < -0.39 is 10.0 Å². The number of nitrogens with one attached hydrogen (secondary N) is 1. The van der Waals surface area contributed by atoms with Gasteiger partial charge < -0.3 is 11.1 Å². The fraction of sp³-hybridized carbons (Fsp3) is 0.588. The van der Waals surface area contributed by atoms with Gasteiger partial charge in [0, 0.05) is 31.6 Å². The van der Waals surface area contributed by atoms with Gasteiger partial charge in [-0.15, -0.1) is 12.4 Å². The fourth-order valence-corrected chi connectivity index (χ4v) is 4.23. The molecule has 1 amide bonds. The number of hydrogen-bond acceptors (Lipinski definition) is 4. The maximum absolute atomic E-state index is 12.6. The summed E-state index contributed by atoms with van der Waals surface area (Å²) in [6.45, 7) is 5.18. The van der Waals surface area contributed by atoms with Crippen LogP contribution in [0, 0.1) is 11.8 Å². The summed E-state index contributed by atoms with van der Waals surface area (Å²) in [6, 6.07) is 8.33. The van der Waals surface area contributed by atoms with E-state index in [1.807, 2.05) is 13.8 Å². The third kappa shape index (κ3) is 5.67. The van der Waals surface area contributed by atoms with Crippen molar-refractivity contribution < 1.29 is 13.2 Å².